The summed E-state index contributed by atoms with van der Waals surface area (Å²) in [4.78, 5) is 33.8. The molecule has 0 aliphatic heterocycles. The first-order chi connectivity index (χ1) is 17.8. The number of hydrogen-bond donors (Lipinski definition) is 3. The SMILES string of the molecule is CCCCCCCCOC(=O)C(CCCC)NC(=O)O.CCCCCCCCOC(=O)C(N)CCCC. The molecule has 0 heterocycles. The van der Waals surface area contributed by atoms with E-state index in [1.165, 1.54) is 44.9 Å². The molecule has 0 saturated heterocycles. The van der Waals surface area contributed by atoms with E-state index < -0.39 is 24.1 Å². The molecule has 0 aromatic rings. The highest BCUT2D eigenvalue weighted by atomic mass is 16.5. The number of carboxylic acid groups (broad SMARTS) is 1. The zero-order chi connectivity index (χ0) is 28.2. The Morgan fingerprint density at radius 1 is 0.622 bits per heavy atom. The fraction of sp³-hybridized carbons (Fsp3) is 0.897. The number of rotatable bonds is 23. The van der Waals surface area contributed by atoms with E-state index in [0.717, 1.165) is 64.2 Å². The number of hydrogen-bond acceptors (Lipinski definition) is 6. The van der Waals surface area contributed by atoms with Gasteiger partial charge in [-0.2, -0.15) is 0 Å². The Hall–Kier alpha value is -1.83. The predicted molar refractivity (Wildman–Crippen MR) is 151 cm³/mol. The van der Waals surface area contributed by atoms with E-state index in [4.69, 9.17) is 20.3 Å². The Balaban J connectivity index is 0. The summed E-state index contributed by atoms with van der Waals surface area (Å²) in [6, 6.07) is -1.15. The van der Waals surface area contributed by atoms with Crippen molar-refractivity contribution in [1.82, 2.24) is 5.32 Å². The van der Waals surface area contributed by atoms with Gasteiger partial charge in [0.15, 0.2) is 0 Å². The minimum Gasteiger partial charge on any atom is -0.465 e. The van der Waals surface area contributed by atoms with Crippen LogP contribution in [0.5, 0.6) is 0 Å². The van der Waals surface area contributed by atoms with Crippen molar-refractivity contribution in [2.75, 3.05) is 13.2 Å². The number of unbranched alkanes of at least 4 members (excludes halogenated alkanes) is 12. The number of nitrogens with one attached hydrogen (secondary N) is 1. The Kier molecular flexibility index (Phi) is 29.0. The third-order valence-electron chi connectivity index (χ3n) is 6.08. The lowest BCUT2D eigenvalue weighted by atomic mass is 10.1. The molecule has 220 valence electrons. The molecule has 0 saturated carbocycles. The van der Waals surface area contributed by atoms with Crippen molar-refractivity contribution < 1.29 is 29.0 Å². The van der Waals surface area contributed by atoms with Gasteiger partial charge >= 0.3 is 18.0 Å². The maximum absolute atomic E-state index is 11.8. The van der Waals surface area contributed by atoms with E-state index in [2.05, 4.69) is 26.1 Å². The summed E-state index contributed by atoms with van der Waals surface area (Å²) in [7, 11) is 0. The number of carbonyl (C=O) groups is 3. The summed E-state index contributed by atoms with van der Waals surface area (Å²) < 4.78 is 10.3. The molecule has 37 heavy (non-hydrogen) atoms. The first-order valence-corrected chi connectivity index (χ1v) is 14.9. The van der Waals surface area contributed by atoms with Gasteiger partial charge < -0.3 is 25.6 Å². The summed E-state index contributed by atoms with van der Waals surface area (Å²) in [5, 5.41) is 10.9. The van der Waals surface area contributed by atoms with Crippen LogP contribution in [0.4, 0.5) is 4.79 Å². The molecule has 0 fully saturated rings. The van der Waals surface area contributed by atoms with Gasteiger partial charge in [0.05, 0.1) is 13.2 Å². The highest BCUT2D eigenvalue weighted by Gasteiger charge is 2.21. The molecule has 0 aliphatic carbocycles. The van der Waals surface area contributed by atoms with Crippen LogP contribution in [0.15, 0.2) is 0 Å². The molecule has 0 radical (unpaired) electrons. The maximum atomic E-state index is 11.8. The van der Waals surface area contributed by atoms with Gasteiger partial charge in [-0.15, -0.1) is 0 Å². The molecule has 2 atom stereocenters. The molecule has 0 rings (SSSR count). The molecule has 2 unspecified atom stereocenters. The molecule has 8 nitrogen and oxygen atoms in total. The summed E-state index contributed by atoms with van der Waals surface area (Å²) in [5.74, 6) is -0.679. The van der Waals surface area contributed by atoms with Crippen LogP contribution >= 0.6 is 0 Å². The van der Waals surface area contributed by atoms with Gasteiger partial charge in [0.25, 0.3) is 0 Å². The molecule has 4 N–H and O–H groups in total. The van der Waals surface area contributed by atoms with Crippen LogP contribution in [0.25, 0.3) is 0 Å². The third kappa shape index (κ3) is 27.0. The van der Waals surface area contributed by atoms with E-state index in [0.29, 0.717) is 19.6 Å². The van der Waals surface area contributed by atoms with Crippen molar-refractivity contribution >= 4 is 18.0 Å². The van der Waals surface area contributed by atoms with Gasteiger partial charge in [0.2, 0.25) is 0 Å². The van der Waals surface area contributed by atoms with Crippen LogP contribution in [0.1, 0.15) is 143 Å². The normalized spacial score (nSPS) is 12.1. The van der Waals surface area contributed by atoms with E-state index in [1.54, 1.807) is 0 Å². The van der Waals surface area contributed by atoms with Crippen molar-refractivity contribution in [3.63, 3.8) is 0 Å². The van der Waals surface area contributed by atoms with Crippen LogP contribution in [-0.2, 0) is 19.1 Å². The van der Waals surface area contributed by atoms with Crippen molar-refractivity contribution in [3.8, 4) is 0 Å². The van der Waals surface area contributed by atoms with E-state index in [1.807, 2.05) is 6.92 Å². The molecule has 0 aliphatic rings. The van der Waals surface area contributed by atoms with Crippen molar-refractivity contribution in [2.45, 2.75) is 155 Å². The highest BCUT2D eigenvalue weighted by Crippen LogP contribution is 2.08. The molecule has 8 heteroatoms. The number of ether oxygens (including phenoxy) is 2. The number of nitrogens with two attached hydrogens (primary N) is 1. The number of carbonyl (C=O) groups excluding carboxylic acids is 2. The molecule has 1 amide bonds. The minimum absolute atomic E-state index is 0.230. The third-order valence-corrected chi connectivity index (χ3v) is 6.08. The van der Waals surface area contributed by atoms with Gasteiger partial charge in [-0.05, 0) is 25.7 Å². The van der Waals surface area contributed by atoms with Crippen LogP contribution in [0, 0.1) is 0 Å². The maximum Gasteiger partial charge on any atom is 0.405 e. The van der Waals surface area contributed by atoms with Gasteiger partial charge in [-0.3, -0.25) is 4.79 Å². The topological polar surface area (TPSA) is 128 Å². The summed E-state index contributed by atoms with van der Waals surface area (Å²) in [5.41, 5.74) is 5.71. The lowest BCUT2D eigenvalue weighted by Crippen LogP contribution is -2.41. The van der Waals surface area contributed by atoms with Crippen molar-refractivity contribution in [3.05, 3.63) is 0 Å². The zero-order valence-electron chi connectivity index (χ0n) is 24.4. The van der Waals surface area contributed by atoms with Gasteiger partial charge in [0, 0.05) is 0 Å². The first-order valence-electron chi connectivity index (χ1n) is 14.9. The molecule has 0 bridgehead atoms. The van der Waals surface area contributed by atoms with Crippen LogP contribution in [0.3, 0.4) is 0 Å². The molecular weight excluding hydrogens is 472 g/mol. The summed E-state index contributed by atoms with van der Waals surface area (Å²) in [6.45, 7) is 9.39. The fourth-order valence-electron chi connectivity index (χ4n) is 3.67. The zero-order valence-corrected chi connectivity index (χ0v) is 24.4. The number of amides is 1. The smallest absolute Gasteiger partial charge is 0.405 e. The minimum atomic E-state index is -1.18. The van der Waals surface area contributed by atoms with Crippen molar-refractivity contribution in [1.29, 1.82) is 0 Å². The Morgan fingerprint density at radius 2 is 1.03 bits per heavy atom. The lowest BCUT2D eigenvalue weighted by Gasteiger charge is -2.15. The standard InChI is InChI=1S/C15H29NO4.C14H29NO2/c1-3-5-7-8-9-10-12-20-14(17)13(11-6-4-2)16-15(18)19;1-3-5-7-8-9-10-12-17-14(16)13(15)11-6-4-2/h13,16H,3-12H2,1-2H3,(H,18,19);13H,3-12,15H2,1-2H3. The van der Waals surface area contributed by atoms with Crippen molar-refractivity contribution in [2.24, 2.45) is 5.73 Å². The largest absolute Gasteiger partial charge is 0.465 e. The van der Waals surface area contributed by atoms with Gasteiger partial charge in [-0.1, -0.05) is 118 Å². The average molecular weight is 531 g/mol. The van der Waals surface area contributed by atoms with E-state index in [-0.39, 0.29) is 5.97 Å². The highest BCUT2D eigenvalue weighted by molar-refractivity contribution is 5.80. The van der Waals surface area contributed by atoms with Crippen LogP contribution < -0.4 is 11.1 Å². The molecule has 0 aromatic heterocycles. The number of esters is 2. The Morgan fingerprint density at radius 3 is 1.49 bits per heavy atom. The van der Waals surface area contributed by atoms with Crippen LogP contribution in [-0.4, -0.2) is 48.4 Å². The first kappa shape index (κ1) is 37.3. The van der Waals surface area contributed by atoms with Gasteiger partial charge in [-0.25, -0.2) is 9.59 Å². The molecule has 0 spiro atoms. The second-order valence-electron chi connectivity index (χ2n) is 9.76. The monoisotopic (exact) mass is 530 g/mol. The summed E-state index contributed by atoms with van der Waals surface area (Å²) in [6.07, 6.45) is 17.8. The second kappa shape index (κ2) is 28.7. The van der Waals surface area contributed by atoms with Gasteiger partial charge in [0.1, 0.15) is 12.1 Å². The Bertz CT molecular complexity index is 544. The predicted octanol–water partition coefficient (Wildman–Crippen LogP) is 7.12. The fourth-order valence-corrected chi connectivity index (χ4v) is 3.67. The summed E-state index contributed by atoms with van der Waals surface area (Å²) >= 11 is 0. The Labute approximate surface area is 226 Å². The second-order valence-corrected chi connectivity index (χ2v) is 9.76. The quantitative estimate of drug-likeness (QED) is 0.0947. The van der Waals surface area contributed by atoms with E-state index in [9.17, 15) is 14.4 Å². The molecular formula is C29H58N2O6. The molecule has 0 aromatic carbocycles. The average Bonchev–Trinajstić information content (AvgIpc) is 2.88. The van der Waals surface area contributed by atoms with E-state index >= 15 is 0 Å². The lowest BCUT2D eigenvalue weighted by molar-refractivity contribution is -0.146. The van der Waals surface area contributed by atoms with Crippen LogP contribution in [0.2, 0.25) is 0 Å².